The Morgan fingerprint density at radius 3 is 2.16 bits per heavy atom. The number of ether oxygens (including phenoxy) is 2. The van der Waals surface area contributed by atoms with Crippen molar-refractivity contribution in [2.24, 2.45) is 27.9 Å². The molecule has 3 aliphatic heterocycles. The third-order valence-corrected chi connectivity index (χ3v) is 9.48. The molecule has 56 heavy (non-hydrogen) atoms. The van der Waals surface area contributed by atoms with E-state index >= 15 is 0 Å². The molecule has 0 saturated carbocycles. The maximum absolute atomic E-state index is 13.4. The third-order valence-electron chi connectivity index (χ3n) is 9.48. The maximum atomic E-state index is 13.4. The Labute approximate surface area is 324 Å². The summed E-state index contributed by atoms with van der Waals surface area (Å²) in [5.74, 6) is -1.94. The number of aliphatic hydroxyl groups is 3. The third kappa shape index (κ3) is 14.9. The number of aliphatic imine (C=N–C) groups is 1. The number of nitrogens with one attached hydrogen (secondary N) is 7. The monoisotopic (exact) mass is 800 g/mol. The average Bonchev–Trinajstić information content (AvgIpc) is 3.56. The minimum absolute atomic E-state index is 0.00122. The highest BCUT2D eigenvalue weighted by Crippen LogP contribution is 2.24. The molecule has 0 spiro atoms. The lowest BCUT2D eigenvalue weighted by Crippen LogP contribution is -2.70. The Bertz CT molecular complexity index is 1380. The van der Waals surface area contributed by atoms with Crippen LogP contribution in [0.4, 0.5) is 4.79 Å². The Hall–Kier alpha value is -4.39. The number of amides is 6. The van der Waals surface area contributed by atoms with E-state index < -0.39 is 91.3 Å². The first kappa shape index (κ1) is 46.0. The molecule has 0 unspecified atom stereocenters. The molecule has 0 radical (unpaired) electrons. The lowest BCUT2D eigenvalue weighted by Gasteiger charge is -2.44. The van der Waals surface area contributed by atoms with Crippen molar-refractivity contribution in [1.82, 2.24) is 37.2 Å². The molecule has 2 saturated heterocycles. The second-order valence-corrected chi connectivity index (χ2v) is 14.3. The minimum atomic E-state index is -1.68. The molecular weight excluding hydrogens is 740 g/mol. The van der Waals surface area contributed by atoms with E-state index in [0.29, 0.717) is 38.8 Å². The smallest absolute Gasteiger partial charge is 0.404 e. The van der Waals surface area contributed by atoms with Gasteiger partial charge in [0.05, 0.1) is 18.8 Å². The molecule has 23 heteroatoms. The van der Waals surface area contributed by atoms with E-state index in [-0.39, 0.29) is 62.6 Å². The fourth-order valence-corrected chi connectivity index (χ4v) is 6.69. The number of hydrogen-bond acceptors (Lipinski definition) is 17. The number of primary amides is 1. The molecule has 3 heterocycles. The molecule has 3 aliphatic rings. The highest BCUT2D eigenvalue weighted by Gasteiger charge is 2.49. The zero-order valence-electron chi connectivity index (χ0n) is 31.6. The van der Waals surface area contributed by atoms with E-state index in [1.165, 1.54) is 6.92 Å². The summed E-state index contributed by atoms with van der Waals surface area (Å²) in [6.45, 7) is 1.70. The van der Waals surface area contributed by atoms with Gasteiger partial charge in [-0.2, -0.15) is 0 Å². The quantitative estimate of drug-likeness (QED) is 0.0453. The second-order valence-electron chi connectivity index (χ2n) is 14.3. The zero-order chi connectivity index (χ0) is 41.4. The minimum Gasteiger partial charge on any atom is -0.441 e. The summed E-state index contributed by atoms with van der Waals surface area (Å²) in [6, 6.07) is -4.47. The first-order valence-electron chi connectivity index (χ1n) is 18.9. The summed E-state index contributed by atoms with van der Waals surface area (Å²) in [7, 11) is 0. The molecule has 11 atom stereocenters. The molecule has 23 nitrogen and oxygen atoms in total. The van der Waals surface area contributed by atoms with Crippen LogP contribution in [0.5, 0.6) is 0 Å². The molecule has 0 aromatic heterocycles. The van der Waals surface area contributed by atoms with Crippen molar-refractivity contribution in [3.8, 4) is 0 Å². The summed E-state index contributed by atoms with van der Waals surface area (Å²) >= 11 is 0. The Morgan fingerprint density at radius 1 is 0.964 bits per heavy atom. The summed E-state index contributed by atoms with van der Waals surface area (Å²) in [6.07, 6.45) is -4.88. The van der Waals surface area contributed by atoms with Crippen molar-refractivity contribution >= 4 is 41.6 Å². The second kappa shape index (κ2) is 23.0. The van der Waals surface area contributed by atoms with Gasteiger partial charge in [-0.15, -0.1) is 0 Å². The van der Waals surface area contributed by atoms with E-state index in [0.717, 1.165) is 6.42 Å². The Balaban J connectivity index is 1.51. The van der Waals surface area contributed by atoms with E-state index in [1.807, 2.05) is 0 Å². The van der Waals surface area contributed by atoms with Gasteiger partial charge in [0.1, 0.15) is 18.2 Å². The van der Waals surface area contributed by atoms with Crippen molar-refractivity contribution in [2.45, 2.75) is 132 Å². The molecule has 6 amide bonds. The number of rotatable bonds is 22. The van der Waals surface area contributed by atoms with Crippen LogP contribution in [-0.4, -0.2) is 157 Å². The van der Waals surface area contributed by atoms with E-state index in [4.69, 9.17) is 32.4 Å². The van der Waals surface area contributed by atoms with Crippen molar-refractivity contribution in [1.29, 1.82) is 0 Å². The average molecular weight is 801 g/mol. The van der Waals surface area contributed by atoms with Crippen LogP contribution in [-0.2, 0) is 33.4 Å². The van der Waals surface area contributed by atoms with Gasteiger partial charge in [-0.3, -0.25) is 24.0 Å². The van der Waals surface area contributed by atoms with Gasteiger partial charge in [-0.25, -0.2) is 9.79 Å². The van der Waals surface area contributed by atoms with Crippen molar-refractivity contribution < 1.29 is 53.6 Å². The van der Waals surface area contributed by atoms with Crippen LogP contribution in [0, 0.1) is 0 Å². The molecule has 3 rings (SSSR count). The number of nitrogens with two attached hydrogens (primary N) is 4. The van der Waals surface area contributed by atoms with Gasteiger partial charge in [0.15, 0.2) is 24.3 Å². The predicted octanol–water partition coefficient (Wildman–Crippen LogP) is -6.35. The van der Waals surface area contributed by atoms with Crippen molar-refractivity contribution in [3.05, 3.63) is 0 Å². The summed E-state index contributed by atoms with van der Waals surface area (Å²) in [4.78, 5) is 78.1. The van der Waals surface area contributed by atoms with E-state index in [2.05, 4.69) is 42.2 Å². The van der Waals surface area contributed by atoms with Gasteiger partial charge in [-0.1, -0.05) is 0 Å². The van der Waals surface area contributed by atoms with Gasteiger partial charge >= 0.3 is 6.09 Å². The largest absolute Gasteiger partial charge is 0.441 e. The van der Waals surface area contributed by atoms with Crippen LogP contribution < -0.4 is 60.2 Å². The maximum Gasteiger partial charge on any atom is 0.404 e. The number of carbonyl (C=O) groups excluding carboxylic acids is 6. The predicted molar refractivity (Wildman–Crippen MR) is 199 cm³/mol. The van der Waals surface area contributed by atoms with E-state index in [9.17, 15) is 44.1 Å². The fourth-order valence-electron chi connectivity index (χ4n) is 6.69. The number of piperidine rings is 1. The number of aliphatic hydroxyl groups excluding tert-OH is 3. The Morgan fingerprint density at radius 2 is 1.59 bits per heavy atom. The molecule has 318 valence electrons. The topological polar surface area (TPSA) is 382 Å². The molecule has 0 bridgehead atoms. The number of guanidine groups is 1. The zero-order valence-corrected chi connectivity index (χ0v) is 31.6. The summed E-state index contributed by atoms with van der Waals surface area (Å²) in [5.41, 5.74) is 22.7. The highest BCUT2D eigenvalue weighted by atomic mass is 16.6. The molecule has 2 fully saturated rings. The molecule has 0 aromatic rings. The molecule has 18 N–H and O–H groups in total. The van der Waals surface area contributed by atoms with Crippen LogP contribution in [0.3, 0.4) is 0 Å². The van der Waals surface area contributed by atoms with Gasteiger partial charge < -0.3 is 84.9 Å². The van der Waals surface area contributed by atoms with Crippen LogP contribution in [0.25, 0.3) is 0 Å². The molecular formula is C33H60N12O11. The number of nitrogens with zero attached hydrogens (tertiary/aromatic N) is 1. The molecule has 0 aliphatic carbocycles. The summed E-state index contributed by atoms with van der Waals surface area (Å²) in [5, 5.41) is 50.7. The van der Waals surface area contributed by atoms with Crippen LogP contribution in [0.2, 0.25) is 0 Å². The van der Waals surface area contributed by atoms with Crippen LogP contribution in [0.1, 0.15) is 64.7 Å². The van der Waals surface area contributed by atoms with Gasteiger partial charge in [0.25, 0.3) is 0 Å². The number of fused-ring (bicyclic) bond motifs is 1. The fraction of sp³-hybridized carbons (Fsp3) is 0.788. The van der Waals surface area contributed by atoms with Gasteiger partial charge in [0, 0.05) is 63.9 Å². The lowest BCUT2D eigenvalue weighted by molar-refractivity contribution is -0.198. The van der Waals surface area contributed by atoms with Gasteiger partial charge in [0.2, 0.25) is 29.5 Å². The van der Waals surface area contributed by atoms with Crippen molar-refractivity contribution in [3.63, 3.8) is 0 Å². The number of carbonyl (C=O) groups is 6. The number of hydrogen-bond donors (Lipinski definition) is 14. The lowest BCUT2D eigenvalue weighted by atomic mass is 9.95. The first-order valence-corrected chi connectivity index (χ1v) is 18.9. The first-order chi connectivity index (χ1) is 26.6. The van der Waals surface area contributed by atoms with Gasteiger partial charge in [-0.05, 0) is 45.1 Å². The Kier molecular flexibility index (Phi) is 18.9. The van der Waals surface area contributed by atoms with Crippen LogP contribution >= 0.6 is 0 Å². The van der Waals surface area contributed by atoms with Crippen LogP contribution in [0.15, 0.2) is 4.99 Å². The summed E-state index contributed by atoms with van der Waals surface area (Å²) < 4.78 is 10.9. The molecule has 0 aromatic carbocycles. The highest BCUT2D eigenvalue weighted by molar-refractivity contribution is 5.92. The normalized spacial score (nSPS) is 27.2. The standard InChI is InChI=1S/C33H60N12O11/c1-16(47)41-19(7-4-10-39-23(50)12-18(36)6-3-9-38-22(49)11-17(35)5-2-8-34)13-24(51)42-27-28(52)29(56-32(37)54)21(15-46)55-31(27)45-33-43-25-20(48)14-40-30(53)26(25)44-33/h17-21,25-29,31,46,48,52H,2-15,34-36H2,1H3,(H2,37,54)(H,38,49)(H,39,50)(H,40,53)(H,41,47)(H,42,51)(H2,43,44,45)/t17-,18-,19-,20+,21+,25-,26-,27+,28+,29+,31+/m0/s1. The van der Waals surface area contributed by atoms with E-state index in [1.54, 1.807) is 0 Å². The number of β-amino-alcohol motifs (C(OH)–C–C–N with tert-alkyl or cyclic N) is 1. The SMILES string of the molecule is CC(=O)N[C@@H](CCCNC(=O)C[C@@H](N)CCCNC(=O)C[C@@H](N)CCCN)CC(=O)N[C@@H]1[C@@H](O)[C@H](OC(N)=O)[C@@H](CO)O[C@H]1NC1=N[C@@H]2C(=O)NC[C@@H](O)[C@@H]2N1. The van der Waals surface area contributed by atoms with Crippen molar-refractivity contribution in [2.75, 3.05) is 32.8 Å².